The van der Waals surface area contributed by atoms with Crippen molar-refractivity contribution in [2.45, 2.75) is 64.6 Å². The third kappa shape index (κ3) is 4.18. The molecule has 102 valence electrons. The molecule has 0 aromatic heterocycles. The summed E-state index contributed by atoms with van der Waals surface area (Å²) in [6.45, 7) is 5.94. The van der Waals surface area contributed by atoms with Crippen molar-refractivity contribution in [3.8, 4) is 0 Å². The van der Waals surface area contributed by atoms with E-state index in [1.54, 1.807) is 7.11 Å². The molecule has 0 heterocycles. The second-order valence-electron chi connectivity index (χ2n) is 6.29. The van der Waals surface area contributed by atoms with E-state index in [1.165, 1.54) is 0 Å². The summed E-state index contributed by atoms with van der Waals surface area (Å²) in [6, 6.07) is 0. The SMILES string of the molecule is COC(C(O)CC1CCC(F)(F)C1)C(C)(C)C. The maximum atomic E-state index is 13.0. The lowest BCUT2D eigenvalue weighted by Gasteiger charge is -2.34. The van der Waals surface area contributed by atoms with Gasteiger partial charge in [-0.1, -0.05) is 20.8 Å². The first-order valence-electron chi connectivity index (χ1n) is 6.24. The van der Waals surface area contributed by atoms with Gasteiger partial charge in [0.05, 0.1) is 12.2 Å². The zero-order chi connectivity index (χ0) is 13.3. The Bertz CT molecular complexity index is 248. The molecule has 17 heavy (non-hydrogen) atoms. The van der Waals surface area contributed by atoms with Crippen molar-refractivity contribution in [3.05, 3.63) is 0 Å². The lowest BCUT2D eigenvalue weighted by molar-refractivity contribution is -0.0797. The lowest BCUT2D eigenvalue weighted by Crippen LogP contribution is -2.40. The highest BCUT2D eigenvalue weighted by Gasteiger charge is 2.41. The first-order chi connectivity index (χ1) is 7.65. The average Bonchev–Trinajstić information content (AvgIpc) is 2.43. The number of rotatable bonds is 4. The van der Waals surface area contributed by atoms with E-state index in [-0.39, 0.29) is 30.3 Å². The molecule has 0 spiro atoms. The number of methoxy groups -OCH3 is 1. The number of ether oxygens (including phenoxy) is 1. The second-order valence-corrected chi connectivity index (χ2v) is 6.29. The van der Waals surface area contributed by atoms with E-state index >= 15 is 0 Å². The number of hydrogen-bond donors (Lipinski definition) is 1. The first-order valence-corrected chi connectivity index (χ1v) is 6.24. The summed E-state index contributed by atoms with van der Waals surface area (Å²) in [4.78, 5) is 0. The van der Waals surface area contributed by atoms with Crippen LogP contribution in [0.3, 0.4) is 0 Å². The van der Waals surface area contributed by atoms with Gasteiger partial charge in [-0.15, -0.1) is 0 Å². The zero-order valence-electron chi connectivity index (χ0n) is 11.2. The Morgan fingerprint density at radius 3 is 2.35 bits per heavy atom. The predicted molar refractivity (Wildman–Crippen MR) is 63.2 cm³/mol. The van der Waals surface area contributed by atoms with Crippen LogP contribution in [-0.2, 0) is 4.74 Å². The summed E-state index contributed by atoms with van der Waals surface area (Å²) in [7, 11) is 1.56. The van der Waals surface area contributed by atoms with Gasteiger partial charge >= 0.3 is 0 Å². The minimum atomic E-state index is -2.53. The highest BCUT2D eigenvalue weighted by Crippen LogP contribution is 2.41. The minimum absolute atomic E-state index is 0.0441. The Morgan fingerprint density at radius 1 is 1.41 bits per heavy atom. The topological polar surface area (TPSA) is 29.5 Å². The minimum Gasteiger partial charge on any atom is -0.390 e. The molecular formula is C13H24F2O2. The molecule has 3 unspecified atom stereocenters. The zero-order valence-corrected chi connectivity index (χ0v) is 11.2. The molecule has 0 saturated heterocycles. The van der Waals surface area contributed by atoms with Crippen LogP contribution in [0.5, 0.6) is 0 Å². The van der Waals surface area contributed by atoms with Gasteiger partial charge in [0.2, 0.25) is 5.92 Å². The van der Waals surface area contributed by atoms with E-state index in [0.29, 0.717) is 12.8 Å². The van der Waals surface area contributed by atoms with Crippen molar-refractivity contribution >= 4 is 0 Å². The Hall–Kier alpha value is -0.220. The Labute approximate surface area is 102 Å². The van der Waals surface area contributed by atoms with E-state index in [0.717, 1.165) is 0 Å². The summed E-state index contributed by atoms with van der Waals surface area (Å²) in [5, 5.41) is 10.1. The monoisotopic (exact) mass is 250 g/mol. The van der Waals surface area contributed by atoms with Gasteiger partial charge in [0.25, 0.3) is 0 Å². The molecule has 1 rings (SSSR count). The first kappa shape index (κ1) is 14.8. The number of aliphatic hydroxyl groups excluding tert-OH is 1. The molecule has 0 bridgehead atoms. The van der Waals surface area contributed by atoms with E-state index in [1.807, 2.05) is 20.8 Å². The Morgan fingerprint density at radius 2 is 2.00 bits per heavy atom. The molecule has 0 aromatic rings. The average molecular weight is 250 g/mol. The number of halogens is 2. The maximum absolute atomic E-state index is 13.0. The van der Waals surface area contributed by atoms with E-state index in [9.17, 15) is 13.9 Å². The quantitative estimate of drug-likeness (QED) is 0.830. The molecule has 1 fully saturated rings. The van der Waals surface area contributed by atoms with Gasteiger partial charge in [-0.25, -0.2) is 8.78 Å². The van der Waals surface area contributed by atoms with Crippen molar-refractivity contribution in [1.29, 1.82) is 0 Å². The van der Waals surface area contributed by atoms with Crippen molar-refractivity contribution in [3.63, 3.8) is 0 Å². The lowest BCUT2D eigenvalue weighted by atomic mass is 9.82. The molecule has 0 aliphatic heterocycles. The highest BCUT2D eigenvalue weighted by atomic mass is 19.3. The van der Waals surface area contributed by atoms with Crippen molar-refractivity contribution in [2.24, 2.45) is 11.3 Å². The van der Waals surface area contributed by atoms with Crippen LogP contribution < -0.4 is 0 Å². The van der Waals surface area contributed by atoms with Crippen LogP contribution in [0.1, 0.15) is 46.5 Å². The smallest absolute Gasteiger partial charge is 0.248 e. The number of hydrogen-bond acceptors (Lipinski definition) is 2. The molecule has 1 aliphatic carbocycles. The molecule has 0 aromatic carbocycles. The van der Waals surface area contributed by atoms with Crippen LogP contribution in [0, 0.1) is 11.3 Å². The van der Waals surface area contributed by atoms with Gasteiger partial charge in [0.15, 0.2) is 0 Å². The van der Waals surface area contributed by atoms with Gasteiger partial charge in [-0.2, -0.15) is 0 Å². The standard InChI is InChI=1S/C13H24F2O2/c1-12(2,3)11(17-4)10(16)7-9-5-6-13(14,15)8-9/h9-11,16H,5-8H2,1-4H3. The van der Waals surface area contributed by atoms with E-state index in [4.69, 9.17) is 4.74 Å². The molecule has 0 amide bonds. The normalized spacial score (nSPS) is 28.1. The van der Waals surface area contributed by atoms with Crippen molar-refractivity contribution in [2.75, 3.05) is 7.11 Å². The van der Waals surface area contributed by atoms with Gasteiger partial charge < -0.3 is 9.84 Å². The molecule has 3 atom stereocenters. The van der Waals surface area contributed by atoms with Gasteiger partial charge in [0, 0.05) is 20.0 Å². The van der Waals surface area contributed by atoms with Crippen LogP contribution in [0.2, 0.25) is 0 Å². The fraction of sp³-hybridized carbons (Fsp3) is 1.00. The van der Waals surface area contributed by atoms with Crippen LogP contribution in [0.25, 0.3) is 0 Å². The molecule has 1 N–H and O–H groups in total. The molecule has 1 aliphatic rings. The number of aliphatic hydroxyl groups is 1. The maximum Gasteiger partial charge on any atom is 0.248 e. The highest BCUT2D eigenvalue weighted by molar-refractivity contribution is 4.87. The largest absolute Gasteiger partial charge is 0.390 e. The van der Waals surface area contributed by atoms with E-state index in [2.05, 4.69) is 0 Å². The predicted octanol–water partition coefficient (Wildman–Crippen LogP) is 3.23. The molecule has 4 heteroatoms. The summed E-state index contributed by atoms with van der Waals surface area (Å²) in [5.74, 6) is -2.62. The second kappa shape index (κ2) is 5.19. The Kier molecular flexibility index (Phi) is 4.53. The summed E-state index contributed by atoms with van der Waals surface area (Å²) >= 11 is 0. The third-order valence-corrected chi connectivity index (χ3v) is 3.54. The van der Waals surface area contributed by atoms with Crippen molar-refractivity contribution < 1.29 is 18.6 Å². The summed E-state index contributed by atoms with van der Waals surface area (Å²) in [5.41, 5.74) is -0.185. The molecule has 0 radical (unpaired) electrons. The Balaban J connectivity index is 2.51. The number of alkyl halides is 2. The van der Waals surface area contributed by atoms with Gasteiger partial charge in [-0.3, -0.25) is 0 Å². The van der Waals surface area contributed by atoms with E-state index < -0.39 is 12.0 Å². The molecule has 1 saturated carbocycles. The van der Waals surface area contributed by atoms with Crippen LogP contribution in [0.4, 0.5) is 8.78 Å². The molecule has 2 nitrogen and oxygen atoms in total. The van der Waals surface area contributed by atoms with Gasteiger partial charge in [0.1, 0.15) is 0 Å². The molecular weight excluding hydrogens is 226 g/mol. The van der Waals surface area contributed by atoms with Crippen LogP contribution in [0.15, 0.2) is 0 Å². The third-order valence-electron chi connectivity index (χ3n) is 3.54. The van der Waals surface area contributed by atoms with Crippen molar-refractivity contribution in [1.82, 2.24) is 0 Å². The van der Waals surface area contributed by atoms with Gasteiger partial charge in [-0.05, 0) is 24.2 Å². The van der Waals surface area contributed by atoms with Crippen LogP contribution in [-0.4, -0.2) is 30.3 Å². The fourth-order valence-electron chi connectivity index (χ4n) is 2.80. The fourth-order valence-corrected chi connectivity index (χ4v) is 2.80. The summed E-state index contributed by atoms with van der Waals surface area (Å²) in [6.07, 6.45) is -0.200. The summed E-state index contributed by atoms with van der Waals surface area (Å²) < 4.78 is 31.4. The van der Waals surface area contributed by atoms with Crippen LogP contribution >= 0.6 is 0 Å².